The number of carboxylic acids is 1. The van der Waals surface area contributed by atoms with Crippen LogP contribution in [0.1, 0.15) is 26.2 Å². The van der Waals surface area contributed by atoms with Gasteiger partial charge in [0.2, 0.25) is 0 Å². The summed E-state index contributed by atoms with van der Waals surface area (Å²) in [5, 5.41) is 8.28. The van der Waals surface area contributed by atoms with E-state index in [0.29, 0.717) is 6.42 Å². The van der Waals surface area contributed by atoms with E-state index >= 15 is 0 Å². The highest BCUT2D eigenvalue weighted by atomic mass is 16.4. The minimum Gasteiger partial charge on any atom is -0.481 e. The van der Waals surface area contributed by atoms with Gasteiger partial charge in [-0.3, -0.25) is 4.79 Å². The van der Waals surface area contributed by atoms with Crippen molar-refractivity contribution in [2.24, 2.45) is 11.8 Å². The first-order valence-electron chi connectivity index (χ1n) is 3.42. The third-order valence-corrected chi connectivity index (χ3v) is 2.01. The van der Waals surface area contributed by atoms with Gasteiger partial charge in [-0.2, -0.15) is 0 Å². The lowest BCUT2D eigenvalue weighted by Gasteiger charge is -1.90. The van der Waals surface area contributed by atoms with Gasteiger partial charge in [-0.05, 0) is 24.7 Å². The highest BCUT2D eigenvalue weighted by Gasteiger charge is 2.31. The van der Waals surface area contributed by atoms with Gasteiger partial charge in [-0.25, -0.2) is 0 Å². The minimum absolute atomic E-state index is 0.356. The van der Waals surface area contributed by atoms with E-state index < -0.39 is 5.97 Å². The fourth-order valence-corrected chi connectivity index (χ4v) is 1.11. The molecule has 0 aromatic heterocycles. The van der Waals surface area contributed by atoms with E-state index in [1.165, 1.54) is 6.42 Å². The molecule has 0 bridgehead atoms. The van der Waals surface area contributed by atoms with Gasteiger partial charge < -0.3 is 5.11 Å². The molecule has 9 heavy (non-hydrogen) atoms. The van der Waals surface area contributed by atoms with Crippen molar-refractivity contribution in [3.63, 3.8) is 0 Å². The van der Waals surface area contributed by atoms with Crippen LogP contribution in [0.25, 0.3) is 0 Å². The third kappa shape index (κ3) is 2.04. The van der Waals surface area contributed by atoms with Gasteiger partial charge in [-0.15, -0.1) is 0 Å². The molecule has 1 aliphatic carbocycles. The highest BCUT2D eigenvalue weighted by Crippen LogP contribution is 2.41. The van der Waals surface area contributed by atoms with Gasteiger partial charge in [0, 0.05) is 6.42 Å². The first-order valence-corrected chi connectivity index (χ1v) is 3.42. The second-order valence-electron chi connectivity index (χ2n) is 2.91. The first-order chi connectivity index (χ1) is 4.20. The Labute approximate surface area is 54.9 Å². The molecule has 0 aliphatic heterocycles. The first kappa shape index (κ1) is 6.59. The average Bonchev–Trinajstić information content (AvgIpc) is 2.42. The highest BCUT2D eigenvalue weighted by molar-refractivity contribution is 5.66. The second-order valence-corrected chi connectivity index (χ2v) is 2.91. The molecule has 2 heteroatoms. The fraction of sp³-hybridized carbons (Fsp3) is 0.857. The maximum atomic E-state index is 10.0. The fourth-order valence-electron chi connectivity index (χ4n) is 1.11. The molecule has 0 heterocycles. The van der Waals surface area contributed by atoms with Gasteiger partial charge in [0.15, 0.2) is 0 Å². The molecule has 0 spiro atoms. The van der Waals surface area contributed by atoms with Crippen molar-refractivity contribution in [2.45, 2.75) is 26.2 Å². The molecule has 0 unspecified atom stereocenters. The number of carboxylic acid groups (broad SMARTS) is 1. The Bertz CT molecular complexity index is 120. The molecule has 1 saturated carbocycles. The van der Waals surface area contributed by atoms with Crippen molar-refractivity contribution in [1.82, 2.24) is 0 Å². The minimum atomic E-state index is -0.658. The lowest BCUT2D eigenvalue weighted by molar-refractivity contribution is -0.137. The summed E-state index contributed by atoms with van der Waals surface area (Å²) in [6, 6.07) is 0. The lowest BCUT2D eigenvalue weighted by atomic mass is 10.2. The van der Waals surface area contributed by atoms with Crippen molar-refractivity contribution in [1.29, 1.82) is 0 Å². The zero-order valence-corrected chi connectivity index (χ0v) is 5.63. The molecule has 0 aromatic rings. The van der Waals surface area contributed by atoms with E-state index in [1.807, 2.05) is 0 Å². The van der Waals surface area contributed by atoms with E-state index in [9.17, 15) is 4.79 Å². The molecule has 1 rings (SSSR count). The summed E-state index contributed by atoms with van der Waals surface area (Å²) in [5.41, 5.74) is 0. The van der Waals surface area contributed by atoms with Crippen LogP contribution in [0.3, 0.4) is 0 Å². The van der Waals surface area contributed by atoms with Crippen LogP contribution < -0.4 is 0 Å². The monoisotopic (exact) mass is 128 g/mol. The van der Waals surface area contributed by atoms with Gasteiger partial charge in [0.05, 0.1) is 0 Å². The largest absolute Gasteiger partial charge is 0.481 e. The third-order valence-electron chi connectivity index (χ3n) is 2.01. The number of hydrogen-bond acceptors (Lipinski definition) is 1. The van der Waals surface area contributed by atoms with Gasteiger partial charge >= 0.3 is 5.97 Å². The summed E-state index contributed by atoms with van der Waals surface area (Å²) < 4.78 is 0. The molecule has 0 radical (unpaired) electrons. The predicted molar refractivity (Wildman–Crippen MR) is 34.1 cm³/mol. The zero-order valence-electron chi connectivity index (χ0n) is 5.63. The van der Waals surface area contributed by atoms with E-state index in [0.717, 1.165) is 18.3 Å². The standard InChI is InChI=1S/C7H12O2/c1-5-4-6(5)2-3-7(8)9/h5-6H,2-4H2,1H3,(H,8,9)/t5-,6+/m1/s1. The van der Waals surface area contributed by atoms with Crippen molar-refractivity contribution in [3.05, 3.63) is 0 Å². The van der Waals surface area contributed by atoms with Crippen LogP contribution in [0.4, 0.5) is 0 Å². The summed E-state index contributed by atoms with van der Waals surface area (Å²) in [7, 11) is 0. The summed E-state index contributed by atoms with van der Waals surface area (Å²) in [4.78, 5) is 10.0. The molecule has 2 atom stereocenters. The predicted octanol–water partition coefficient (Wildman–Crippen LogP) is 1.51. The lowest BCUT2D eigenvalue weighted by Crippen LogP contribution is -1.94. The van der Waals surface area contributed by atoms with E-state index in [-0.39, 0.29) is 0 Å². The summed E-state index contributed by atoms with van der Waals surface area (Å²) in [5.74, 6) is 0.861. The summed E-state index contributed by atoms with van der Waals surface area (Å²) >= 11 is 0. The van der Waals surface area contributed by atoms with Gasteiger partial charge in [0.1, 0.15) is 0 Å². The Morgan fingerprint density at radius 3 is 2.67 bits per heavy atom. The van der Waals surface area contributed by atoms with Crippen LogP contribution in [-0.4, -0.2) is 11.1 Å². The van der Waals surface area contributed by atoms with E-state index in [4.69, 9.17) is 5.11 Å². The summed E-state index contributed by atoms with van der Waals surface area (Å²) in [6.07, 6.45) is 2.48. The second kappa shape index (κ2) is 2.38. The molecule has 1 aliphatic rings. The van der Waals surface area contributed by atoms with Crippen LogP contribution >= 0.6 is 0 Å². The molecule has 52 valence electrons. The number of aliphatic carboxylic acids is 1. The topological polar surface area (TPSA) is 37.3 Å². The van der Waals surface area contributed by atoms with Crippen LogP contribution in [0, 0.1) is 11.8 Å². The van der Waals surface area contributed by atoms with Crippen LogP contribution in [0.2, 0.25) is 0 Å². The molecular formula is C7H12O2. The molecule has 2 nitrogen and oxygen atoms in total. The molecular weight excluding hydrogens is 116 g/mol. The Kier molecular flexibility index (Phi) is 1.74. The van der Waals surface area contributed by atoms with Crippen molar-refractivity contribution in [2.75, 3.05) is 0 Å². The molecule has 0 aromatic carbocycles. The van der Waals surface area contributed by atoms with E-state index in [2.05, 4.69) is 6.92 Å². The van der Waals surface area contributed by atoms with Crippen molar-refractivity contribution in [3.8, 4) is 0 Å². The van der Waals surface area contributed by atoms with Gasteiger partial charge in [-0.1, -0.05) is 6.92 Å². The zero-order chi connectivity index (χ0) is 6.85. The van der Waals surface area contributed by atoms with Crippen molar-refractivity contribution >= 4 is 5.97 Å². The Morgan fingerprint density at radius 1 is 1.78 bits per heavy atom. The normalized spacial score (nSPS) is 32.1. The molecule has 0 amide bonds. The molecule has 1 N–H and O–H groups in total. The van der Waals surface area contributed by atoms with Gasteiger partial charge in [0.25, 0.3) is 0 Å². The summed E-state index contributed by atoms with van der Waals surface area (Å²) in [6.45, 7) is 2.17. The number of carbonyl (C=O) groups is 1. The number of rotatable bonds is 3. The maximum absolute atomic E-state index is 10.0. The van der Waals surface area contributed by atoms with Crippen LogP contribution in [0.15, 0.2) is 0 Å². The smallest absolute Gasteiger partial charge is 0.303 e. The molecule has 0 saturated heterocycles. The Balaban J connectivity index is 2.00. The molecule has 1 fully saturated rings. The maximum Gasteiger partial charge on any atom is 0.303 e. The Morgan fingerprint density at radius 2 is 2.33 bits per heavy atom. The number of hydrogen-bond donors (Lipinski definition) is 1. The van der Waals surface area contributed by atoms with Crippen LogP contribution in [-0.2, 0) is 4.79 Å². The quantitative estimate of drug-likeness (QED) is 0.625. The average molecular weight is 128 g/mol. The van der Waals surface area contributed by atoms with Crippen LogP contribution in [0.5, 0.6) is 0 Å². The Hall–Kier alpha value is -0.530. The van der Waals surface area contributed by atoms with E-state index in [1.54, 1.807) is 0 Å². The SMILES string of the molecule is C[C@@H]1C[C@@H]1CCC(=O)O. The van der Waals surface area contributed by atoms with Crippen molar-refractivity contribution < 1.29 is 9.90 Å².